The van der Waals surface area contributed by atoms with Gasteiger partial charge in [0, 0.05) is 25.0 Å². The summed E-state index contributed by atoms with van der Waals surface area (Å²) in [6, 6.07) is 7.32. The highest BCUT2D eigenvalue weighted by Crippen LogP contribution is 2.16. The van der Waals surface area contributed by atoms with Crippen molar-refractivity contribution in [1.29, 1.82) is 0 Å². The molecule has 1 unspecified atom stereocenters. The van der Waals surface area contributed by atoms with Gasteiger partial charge in [-0.25, -0.2) is 0 Å². The van der Waals surface area contributed by atoms with Crippen molar-refractivity contribution in [3.63, 3.8) is 0 Å². The number of aliphatic imine (C=N–C) groups is 1. The minimum absolute atomic E-state index is 0. The van der Waals surface area contributed by atoms with Crippen LogP contribution in [-0.4, -0.2) is 42.3 Å². The van der Waals surface area contributed by atoms with E-state index in [2.05, 4.69) is 25.8 Å². The van der Waals surface area contributed by atoms with Crippen molar-refractivity contribution in [2.75, 3.05) is 20.1 Å². The molecule has 0 radical (unpaired) electrons. The number of guanidine groups is 1. The largest absolute Gasteiger partial charge is 0.489 e. The van der Waals surface area contributed by atoms with Crippen LogP contribution >= 0.6 is 35.6 Å². The number of aryl methyl sites for hydroxylation is 2. The Hall–Kier alpha value is -1.55. The standard InChI is InChI=1S/C17H24ClN5O2.HI/c1-12(24-15-8-6-14(18)7-9-15)11-21-17(19-3)20-10-4-5-16-22-13(2)23-25-16;/h6-9,12H,4-5,10-11H2,1-3H3,(H2,19,20,21);1H. The third-order valence-electron chi connectivity index (χ3n) is 3.36. The Kier molecular flexibility index (Phi) is 10.3. The van der Waals surface area contributed by atoms with Gasteiger partial charge in [0.2, 0.25) is 5.89 Å². The molecule has 7 nitrogen and oxygen atoms in total. The maximum Gasteiger partial charge on any atom is 0.226 e. The van der Waals surface area contributed by atoms with E-state index in [4.69, 9.17) is 20.9 Å². The van der Waals surface area contributed by atoms with Gasteiger partial charge in [-0.15, -0.1) is 24.0 Å². The molecule has 0 spiro atoms. The van der Waals surface area contributed by atoms with E-state index in [0.29, 0.717) is 23.3 Å². The first kappa shape index (κ1) is 22.5. The second-order valence-electron chi connectivity index (χ2n) is 5.60. The zero-order valence-corrected chi connectivity index (χ0v) is 18.2. The van der Waals surface area contributed by atoms with E-state index >= 15 is 0 Å². The fourth-order valence-corrected chi connectivity index (χ4v) is 2.26. The summed E-state index contributed by atoms with van der Waals surface area (Å²) >= 11 is 5.87. The van der Waals surface area contributed by atoms with Crippen LogP contribution in [0.15, 0.2) is 33.8 Å². The first-order valence-corrected chi connectivity index (χ1v) is 8.60. The minimum Gasteiger partial charge on any atom is -0.489 e. The fraction of sp³-hybridized carbons (Fsp3) is 0.471. The molecule has 0 aliphatic heterocycles. The summed E-state index contributed by atoms with van der Waals surface area (Å²) in [6.07, 6.45) is 1.60. The van der Waals surface area contributed by atoms with E-state index in [9.17, 15) is 0 Å². The van der Waals surface area contributed by atoms with Crippen LogP contribution in [0.2, 0.25) is 5.02 Å². The molecule has 1 aromatic carbocycles. The lowest BCUT2D eigenvalue weighted by Gasteiger charge is -2.17. The van der Waals surface area contributed by atoms with Gasteiger partial charge in [-0.05, 0) is 44.5 Å². The van der Waals surface area contributed by atoms with E-state index < -0.39 is 0 Å². The topological polar surface area (TPSA) is 84.6 Å². The molecule has 2 rings (SSSR count). The number of ether oxygens (including phenoxy) is 1. The number of rotatable bonds is 8. The summed E-state index contributed by atoms with van der Waals surface area (Å²) in [4.78, 5) is 8.37. The normalized spacial score (nSPS) is 12.2. The van der Waals surface area contributed by atoms with Crippen LogP contribution in [-0.2, 0) is 6.42 Å². The lowest BCUT2D eigenvalue weighted by molar-refractivity contribution is 0.224. The van der Waals surface area contributed by atoms with Gasteiger partial charge in [0.1, 0.15) is 11.9 Å². The predicted molar refractivity (Wildman–Crippen MR) is 114 cm³/mol. The highest BCUT2D eigenvalue weighted by molar-refractivity contribution is 14.0. The van der Waals surface area contributed by atoms with E-state index in [-0.39, 0.29) is 30.1 Å². The summed E-state index contributed by atoms with van der Waals surface area (Å²) < 4.78 is 10.9. The highest BCUT2D eigenvalue weighted by Gasteiger charge is 2.06. The van der Waals surface area contributed by atoms with Crippen LogP contribution in [0.5, 0.6) is 5.75 Å². The Balaban J connectivity index is 0.00000338. The van der Waals surface area contributed by atoms with Gasteiger partial charge < -0.3 is 19.9 Å². The van der Waals surface area contributed by atoms with Crippen molar-refractivity contribution in [2.45, 2.75) is 32.8 Å². The van der Waals surface area contributed by atoms with Crippen molar-refractivity contribution >= 4 is 41.5 Å². The second-order valence-corrected chi connectivity index (χ2v) is 6.04. The Morgan fingerprint density at radius 3 is 2.65 bits per heavy atom. The van der Waals surface area contributed by atoms with Gasteiger partial charge in [0.05, 0.1) is 6.54 Å². The van der Waals surface area contributed by atoms with Crippen LogP contribution < -0.4 is 15.4 Å². The van der Waals surface area contributed by atoms with Gasteiger partial charge in [0.25, 0.3) is 0 Å². The molecule has 0 fully saturated rings. The summed E-state index contributed by atoms with van der Waals surface area (Å²) in [7, 11) is 1.74. The highest BCUT2D eigenvalue weighted by atomic mass is 127. The number of aromatic nitrogens is 2. The molecule has 2 aromatic rings. The van der Waals surface area contributed by atoms with Crippen molar-refractivity contribution in [2.24, 2.45) is 4.99 Å². The molecule has 0 aliphatic carbocycles. The minimum atomic E-state index is -0.0129. The van der Waals surface area contributed by atoms with E-state index in [1.165, 1.54) is 0 Å². The molecule has 1 aromatic heterocycles. The Labute approximate surface area is 176 Å². The van der Waals surface area contributed by atoms with Gasteiger partial charge in [0.15, 0.2) is 11.8 Å². The Morgan fingerprint density at radius 1 is 1.31 bits per heavy atom. The molecule has 9 heteroatoms. The van der Waals surface area contributed by atoms with Crippen LogP contribution in [0, 0.1) is 6.92 Å². The average molecular weight is 494 g/mol. The predicted octanol–water partition coefficient (Wildman–Crippen LogP) is 3.21. The third kappa shape index (κ3) is 8.22. The third-order valence-corrected chi connectivity index (χ3v) is 3.61. The molecule has 0 bridgehead atoms. The molecular formula is C17H25ClIN5O2. The Bertz CT molecular complexity index is 678. The Morgan fingerprint density at radius 2 is 2.04 bits per heavy atom. The first-order chi connectivity index (χ1) is 12.1. The number of benzene rings is 1. The van der Waals surface area contributed by atoms with Gasteiger partial charge in [-0.1, -0.05) is 16.8 Å². The molecule has 0 saturated heterocycles. The molecule has 2 N–H and O–H groups in total. The number of hydrogen-bond donors (Lipinski definition) is 2. The number of halogens is 2. The SMILES string of the molecule is CN=C(NCCCc1nc(C)no1)NCC(C)Oc1ccc(Cl)cc1.I. The lowest BCUT2D eigenvalue weighted by Crippen LogP contribution is -2.42. The monoisotopic (exact) mass is 493 g/mol. The molecule has 0 saturated carbocycles. The van der Waals surface area contributed by atoms with Crippen LogP contribution in [0.3, 0.4) is 0 Å². The van der Waals surface area contributed by atoms with Crippen LogP contribution in [0.1, 0.15) is 25.1 Å². The second kappa shape index (κ2) is 11.9. The summed E-state index contributed by atoms with van der Waals surface area (Å²) in [6.45, 7) is 5.19. The quantitative estimate of drug-likeness (QED) is 0.254. The molecule has 0 amide bonds. The number of nitrogens with one attached hydrogen (secondary N) is 2. The zero-order valence-electron chi connectivity index (χ0n) is 15.2. The van der Waals surface area contributed by atoms with Crippen LogP contribution in [0.4, 0.5) is 0 Å². The molecule has 1 heterocycles. The first-order valence-electron chi connectivity index (χ1n) is 8.22. The fourth-order valence-electron chi connectivity index (χ4n) is 2.14. The summed E-state index contributed by atoms with van der Waals surface area (Å²) in [5, 5.41) is 11.0. The van der Waals surface area contributed by atoms with E-state index in [0.717, 1.165) is 31.1 Å². The molecule has 26 heavy (non-hydrogen) atoms. The van der Waals surface area contributed by atoms with Crippen LogP contribution in [0.25, 0.3) is 0 Å². The lowest BCUT2D eigenvalue weighted by atomic mass is 10.3. The van der Waals surface area contributed by atoms with Crippen molar-refractivity contribution < 1.29 is 9.26 Å². The van der Waals surface area contributed by atoms with Crippen molar-refractivity contribution in [3.8, 4) is 5.75 Å². The molecule has 1 atom stereocenters. The maximum atomic E-state index is 5.87. The number of hydrogen-bond acceptors (Lipinski definition) is 5. The van der Waals surface area contributed by atoms with Crippen molar-refractivity contribution in [1.82, 2.24) is 20.8 Å². The van der Waals surface area contributed by atoms with E-state index in [1.807, 2.05) is 38.1 Å². The molecular weight excluding hydrogens is 469 g/mol. The molecule has 0 aliphatic rings. The van der Waals surface area contributed by atoms with E-state index in [1.54, 1.807) is 7.05 Å². The molecule has 144 valence electrons. The van der Waals surface area contributed by atoms with Gasteiger partial charge >= 0.3 is 0 Å². The number of nitrogens with zero attached hydrogens (tertiary/aromatic N) is 3. The zero-order chi connectivity index (χ0) is 18.1. The summed E-state index contributed by atoms with van der Waals surface area (Å²) in [5.41, 5.74) is 0. The van der Waals surface area contributed by atoms with Gasteiger partial charge in [-0.3, -0.25) is 4.99 Å². The van der Waals surface area contributed by atoms with Crippen molar-refractivity contribution in [3.05, 3.63) is 41.0 Å². The maximum absolute atomic E-state index is 5.87. The summed E-state index contributed by atoms with van der Waals surface area (Å²) in [5.74, 6) is 2.84. The average Bonchev–Trinajstić information content (AvgIpc) is 3.01. The van der Waals surface area contributed by atoms with Gasteiger partial charge in [-0.2, -0.15) is 4.98 Å². The smallest absolute Gasteiger partial charge is 0.226 e.